The summed E-state index contributed by atoms with van der Waals surface area (Å²) in [5.41, 5.74) is 0. The van der Waals surface area contributed by atoms with Gasteiger partial charge in [-0.15, -0.1) is 0 Å². The Bertz CT molecular complexity index is 232. The maximum absolute atomic E-state index is 10.7. The first-order valence-electron chi connectivity index (χ1n) is 5.09. The number of ether oxygens (including phenoxy) is 1. The van der Waals surface area contributed by atoms with Crippen LogP contribution in [0, 0.1) is 11.8 Å². The molecule has 0 spiro atoms. The SMILES string of the molecule is CC(=O)OC1/C=C\CC2CC2CC1. The average Bonchev–Trinajstić information content (AvgIpc) is 2.73. The second-order valence-electron chi connectivity index (χ2n) is 4.14. The van der Waals surface area contributed by atoms with E-state index >= 15 is 0 Å². The molecule has 0 aromatic heterocycles. The quantitative estimate of drug-likeness (QED) is 0.457. The lowest BCUT2D eigenvalue weighted by Crippen LogP contribution is -2.14. The fourth-order valence-corrected chi connectivity index (χ4v) is 2.14. The van der Waals surface area contributed by atoms with Crippen LogP contribution in [0.4, 0.5) is 0 Å². The predicted molar refractivity (Wildman–Crippen MR) is 50.1 cm³/mol. The van der Waals surface area contributed by atoms with Crippen LogP contribution in [0.15, 0.2) is 12.2 Å². The first-order valence-corrected chi connectivity index (χ1v) is 5.09. The van der Waals surface area contributed by atoms with Crippen LogP contribution >= 0.6 is 0 Å². The summed E-state index contributed by atoms with van der Waals surface area (Å²) in [5.74, 6) is 1.69. The van der Waals surface area contributed by atoms with Crippen LogP contribution in [0.5, 0.6) is 0 Å². The van der Waals surface area contributed by atoms with Gasteiger partial charge < -0.3 is 4.74 Å². The molecule has 0 N–H and O–H groups in total. The zero-order valence-corrected chi connectivity index (χ0v) is 8.03. The molecule has 0 saturated heterocycles. The van der Waals surface area contributed by atoms with Gasteiger partial charge in [0, 0.05) is 6.92 Å². The minimum absolute atomic E-state index is 0.0408. The number of hydrogen-bond acceptors (Lipinski definition) is 2. The van der Waals surface area contributed by atoms with Crippen molar-refractivity contribution in [1.29, 1.82) is 0 Å². The molecular formula is C11H16O2. The Labute approximate surface area is 79.0 Å². The average molecular weight is 180 g/mol. The Morgan fingerprint density at radius 2 is 2.23 bits per heavy atom. The van der Waals surface area contributed by atoms with Gasteiger partial charge in [0.2, 0.25) is 0 Å². The molecule has 0 amide bonds. The monoisotopic (exact) mass is 180 g/mol. The van der Waals surface area contributed by atoms with Crippen molar-refractivity contribution in [2.24, 2.45) is 11.8 Å². The normalized spacial score (nSPS) is 39.6. The van der Waals surface area contributed by atoms with Gasteiger partial charge in [0.1, 0.15) is 6.10 Å². The van der Waals surface area contributed by atoms with E-state index in [-0.39, 0.29) is 12.1 Å². The standard InChI is InChI=1S/C11H16O2/c1-8(12)13-11-4-2-3-9-7-10(9)5-6-11/h2,4,9-11H,3,5-7H2,1H3/b4-2-. The first kappa shape index (κ1) is 8.79. The van der Waals surface area contributed by atoms with Crippen molar-refractivity contribution in [3.05, 3.63) is 12.2 Å². The Balaban J connectivity index is 1.88. The maximum Gasteiger partial charge on any atom is 0.303 e. The van der Waals surface area contributed by atoms with Crippen molar-refractivity contribution in [2.45, 2.75) is 38.7 Å². The van der Waals surface area contributed by atoms with Crippen LogP contribution in [0.3, 0.4) is 0 Å². The van der Waals surface area contributed by atoms with Gasteiger partial charge in [-0.2, -0.15) is 0 Å². The molecule has 0 radical (unpaired) electrons. The first-order chi connectivity index (χ1) is 6.25. The predicted octanol–water partition coefficient (Wildman–Crippen LogP) is 2.29. The van der Waals surface area contributed by atoms with E-state index in [1.165, 1.54) is 26.2 Å². The topological polar surface area (TPSA) is 26.3 Å². The van der Waals surface area contributed by atoms with Crippen LogP contribution in [-0.4, -0.2) is 12.1 Å². The molecule has 3 atom stereocenters. The summed E-state index contributed by atoms with van der Waals surface area (Å²) in [4.78, 5) is 10.7. The van der Waals surface area contributed by atoms with Gasteiger partial charge >= 0.3 is 5.97 Å². The highest BCUT2D eigenvalue weighted by atomic mass is 16.5. The summed E-state index contributed by atoms with van der Waals surface area (Å²) in [6.07, 6.45) is 9.08. The van der Waals surface area contributed by atoms with Gasteiger partial charge in [0.05, 0.1) is 0 Å². The Hall–Kier alpha value is -0.790. The molecule has 72 valence electrons. The van der Waals surface area contributed by atoms with Gasteiger partial charge in [-0.25, -0.2) is 0 Å². The summed E-state index contributed by atoms with van der Waals surface area (Å²) in [6.45, 7) is 1.48. The smallest absolute Gasteiger partial charge is 0.303 e. The molecule has 3 unspecified atom stereocenters. The summed E-state index contributed by atoms with van der Waals surface area (Å²) >= 11 is 0. The molecule has 2 aliphatic rings. The summed E-state index contributed by atoms with van der Waals surface area (Å²) < 4.78 is 5.17. The minimum atomic E-state index is -0.164. The second kappa shape index (κ2) is 3.52. The molecular weight excluding hydrogens is 164 g/mol. The minimum Gasteiger partial charge on any atom is -0.458 e. The van der Waals surface area contributed by atoms with Crippen LogP contribution in [-0.2, 0) is 9.53 Å². The van der Waals surface area contributed by atoms with E-state index < -0.39 is 0 Å². The van der Waals surface area contributed by atoms with Crippen LogP contribution in [0.2, 0.25) is 0 Å². The number of allylic oxidation sites excluding steroid dienone is 1. The molecule has 0 aromatic rings. The molecule has 2 heteroatoms. The summed E-state index contributed by atoms with van der Waals surface area (Å²) in [6, 6.07) is 0. The lowest BCUT2D eigenvalue weighted by atomic mass is 10.0. The zero-order chi connectivity index (χ0) is 9.26. The maximum atomic E-state index is 10.7. The molecule has 1 saturated carbocycles. The van der Waals surface area contributed by atoms with E-state index in [1.54, 1.807) is 0 Å². The van der Waals surface area contributed by atoms with Gasteiger partial charge in [-0.1, -0.05) is 6.08 Å². The Kier molecular flexibility index (Phi) is 2.38. The molecule has 1 fully saturated rings. The third-order valence-electron chi connectivity index (χ3n) is 3.00. The molecule has 0 bridgehead atoms. The fraction of sp³-hybridized carbons (Fsp3) is 0.727. The molecule has 2 nitrogen and oxygen atoms in total. The molecule has 13 heavy (non-hydrogen) atoms. The number of carbonyl (C=O) groups excluding carboxylic acids is 1. The lowest BCUT2D eigenvalue weighted by molar-refractivity contribution is -0.144. The van der Waals surface area contributed by atoms with Crippen molar-refractivity contribution in [3.8, 4) is 0 Å². The molecule has 0 heterocycles. The highest BCUT2D eigenvalue weighted by Gasteiger charge is 2.36. The van der Waals surface area contributed by atoms with Crippen molar-refractivity contribution in [1.82, 2.24) is 0 Å². The second-order valence-corrected chi connectivity index (χ2v) is 4.14. The number of carbonyl (C=O) groups is 1. The number of fused-ring (bicyclic) bond motifs is 1. The molecule has 2 aliphatic carbocycles. The molecule has 0 aromatic carbocycles. The van der Waals surface area contributed by atoms with Crippen molar-refractivity contribution < 1.29 is 9.53 Å². The third kappa shape index (κ3) is 2.33. The summed E-state index contributed by atoms with van der Waals surface area (Å²) in [7, 11) is 0. The van der Waals surface area contributed by atoms with E-state index in [9.17, 15) is 4.79 Å². The van der Waals surface area contributed by atoms with Gasteiger partial charge in [-0.3, -0.25) is 4.79 Å². The lowest BCUT2D eigenvalue weighted by Gasteiger charge is -2.14. The van der Waals surface area contributed by atoms with Gasteiger partial charge in [0.25, 0.3) is 0 Å². The van der Waals surface area contributed by atoms with Crippen molar-refractivity contribution in [2.75, 3.05) is 0 Å². The van der Waals surface area contributed by atoms with Gasteiger partial charge in [-0.05, 0) is 43.6 Å². The number of rotatable bonds is 1. The zero-order valence-electron chi connectivity index (χ0n) is 8.03. The van der Waals surface area contributed by atoms with Crippen molar-refractivity contribution in [3.63, 3.8) is 0 Å². The van der Waals surface area contributed by atoms with E-state index in [4.69, 9.17) is 4.74 Å². The highest BCUT2D eigenvalue weighted by molar-refractivity contribution is 5.66. The van der Waals surface area contributed by atoms with Crippen molar-refractivity contribution >= 4 is 5.97 Å². The fourth-order valence-electron chi connectivity index (χ4n) is 2.14. The van der Waals surface area contributed by atoms with E-state index in [0.717, 1.165) is 18.3 Å². The third-order valence-corrected chi connectivity index (χ3v) is 3.00. The Morgan fingerprint density at radius 3 is 3.00 bits per heavy atom. The van der Waals surface area contributed by atoms with Crippen LogP contribution in [0.25, 0.3) is 0 Å². The van der Waals surface area contributed by atoms with E-state index in [2.05, 4.69) is 12.2 Å². The van der Waals surface area contributed by atoms with Crippen LogP contribution < -0.4 is 0 Å². The molecule has 2 rings (SSSR count). The highest BCUT2D eigenvalue weighted by Crippen LogP contribution is 2.46. The van der Waals surface area contributed by atoms with Gasteiger partial charge in [0.15, 0.2) is 0 Å². The number of hydrogen-bond donors (Lipinski definition) is 0. The summed E-state index contributed by atoms with van der Waals surface area (Å²) in [5, 5.41) is 0. The Morgan fingerprint density at radius 1 is 1.38 bits per heavy atom. The van der Waals surface area contributed by atoms with Crippen LogP contribution in [0.1, 0.15) is 32.6 Å². The number of esters is 1. The molecule has 0 aliphatic heterocycles. The largest absolute Gasteiger partial charge is 0.458 e. The van der Waals surface area contributed by atoms with E-state index in [0.29, 0.717) is 0 Å². The van der Waals surface area contributed by atoms with E-state index in [1.807, 2.05) is 0 Å².